The van der Waals surface area contributed by atoms with Crippen LogP contribution in [0, 0.1) is 6.92 Å². The van der Waals surface area contributed by atoms with Crippen molar-refractivity contribution in [2.45, 2.75) is 6.92 Å². The Balaban J connectivity index is 1.98. The number of H-pyrrole nitrogens is 1. The highest BCUT2D eigenvalue weighted by Gasteiger charge is 2.12. The highest BCUT2D eigenvalue weighted by molar-refractivity contribution is 7.09. The van der Waals surface area contributed by atoms with Crippen LogP contribution in [0.15, 0.2) is 29.6 Å². The zero-order valence-corrected chi connectivity index (χ0v) is 11.9. The van der Waals surface area contributed by atoms with Crippen LogP contribution in [0.5, 0.6) is 11.5 Å². The van der Waals surface area contributed by atoms with Crippen LogP contribution in [-0.4, -0.2) is 27.4 Å². The summed E-state index contributed by atoms with van der Waals surface area (Å²) in [6.07, 6.45) is 0. The van der Waals surface area contributed by atoms with Crippen LogP contribution in [0.3, 0.4) is 0 Å². The lowest BCUT2D eigenvalue weighted by molar-refractivity contribution is 0.408. The third-order valence-corrected chi connectivity index (χ3v) is 3.73. The molecule has 0 bridgehead atoms. The number of phenols is 1. The molecule has 20 heavy (non-hydrogen) atoms. The fourth-order valence-electron chi connectivity index (χ4n) is 1.93. The van der Waals surface area contributed by atoms with E-state index in [1.54, 1.807) is 36.6 Å². The van der Waals surface area contributed by atoms with Gasteiger partial charge in [-0.2, -0.15) is 5.10 Å². The molecule has 3 aromatic rings. The number of aryl methyl sites for hydroxylation is 1. The summed E-state index contributed by atoms with van der Waals surface area (Å²) in [6, 6.07) is 7.00. The average Bonchev–Trinajstić information content (AvgIpc) is 3.07. The first-order chi connectivity index (χ1) is 9.67. The highest BCUT2D eigenvalue weighted by atomic mass is 32.1. The number of rotatable bonds is 3. The number of aromatic hydroxyl groups is 1. The maximum atomic E-state index is 10.0. The molecule has 0 aliphatic rings. The van der Waals surface area contributed by atoms with E-state index in [1.807, 2.05) is 18.4 Å². The summed E-state index contributed by atoms with van der Waals surface area (Å²) in [7, 11) is 1.56. The van der Waals surface area contributed by atoms with Crippen molar-refractivity contribution in [1.82, 2.24) is 15.2 Å². The third kappa shape index (κ3) is 2.25. The number of methoxy groups -OCH3 is 1. The Labute approximate surface area is 119 Å². The summed E-state index contributed by atoms with van der Waals surface area (Å²) in [5.74, 6) is 0.744. The van der Waals surface area contributed by atoms with Crippen molar-refractivity contribution < 1.29 is 9.84 Å². The van der Waals surface area contributed by atoms with E-state index in [-0.39, 0.29) is 5.75 Å². The number of hydrogen-bond donors (Lipinski definition) is 2. The Morgan fingerprint density at radius 3 is 2.75 bits per heavy atom. The second-order valence-corrected chi connectivity index (χ2v) is 5.36. The van der Waals surface area contributed by atoms with E-state index >= 15 is 0 Å². The molecule has 2 aromatic heterocycles. The van der Waals surface area contributed by atoms with Gasteiger partial charge in [-0.05, 0) is 25.1 Å². The quantitative estimate of drug-likeness (QED) is 0.776. The fourth-order valence-corrected chi connectivity index (χ4v) is 2.55. The smallest absolute Gasteiger partial charge is 0.128 e. The maximum absolute atomic E-state index is 10.0. The van der Waals surface area contributed by atoms with E-state index in [4.69, 9.17) is 4.74 Å². The van der Waals surface area contributed by atoms with Gasteiger partial charge in [0, 0.05) is 17.0 Å². The predicted molar refractivity (Wildman–Crippen MR) is 78.1 cm³/mol. The second kappa shape index (κ2) is 4.97. The molecular formula is C14H13N3O2S. The van der Waals surface area contributed by atoms with Crippen molar-refractivity contribution in [3.63, 3.8) is 0 Å². The summed E-state index contributed by atoms with van der Waals surface area (Å²) < 4.78 is 5.07. The van der Waals surface area contributed by atoms with E-state index in [1.165, 1.54) is 0 Å². The van der Waals surface area contributed by atoms with Gasteiger partial charge in [0.15, 0.2) is 0 Å². The van der Waals surface area contributed by atoms with Crippen molar-refractivity contribution in [3.8, 4) is 34.1 Å². The van der Waals surface area contributed by atoms with Crippen LogP contribution in [0.25, 0.3) is 22.6 Å². The summed E-state index contributed by atoms with van der Waals surface area (Å²) in [5.41, 5.74) is 3.02. The monoisotopic (exact) mass is 287 g/mol. The molecule has 5 nitrogen and oxygen atoms in total. The van der Waals surface area contributed by atoms with Gasteiger partial charge in [-0.25, -0.2) is 4.98 Å². The highest BCUT2D eigenvalue weighted by Crippen LogP contribution is 2.33. The van der Waals surface area contributed by atoms with E-state index in [0.717, 1.165) is 16.4 Å². The first-order valence-electron chi connectivity index (χ1n) is 6.02. The number of hydrogen-bond acceptors (Lipinski definition) is 5. The summed E-state index contributed by atoms with van der Waals surface area (Å²) in [5, 5.41) is 20.2. The number of aromatic amines is 1. The molecule has 2 heterocycles. The zero-order chi connectivity index (χ0) is 14.1. The minimum absolute atomic E-state index is 0.136. The van der Waals surface area contributed by atoms with Gasteiger partial charge in [0.1, 0.15) is 11.5 Å². The van der Waals surface area contributed by atoms with E-state index in [9.17, 15) is 5.11 Å². The average molecular weight is 287 g/mol. The standard InChI is InChI=1S/C14H13N3O2S/c1-8-15-13(7-20-8)12-6-11(16-17-12)10-4-3-9(19-2)5-14(10)18/h3-7,18H,1-2H3,(H,16,17). The Kier molecular flexibility index (Phi) is 3.15. The first kappa shape index (κ1) is 12.7. The van der Waals surface area contributed by atoms with Gasteiger partial charge in [-0.3, -0.25) is 5.10 Å². The summed E-state index contributed by atoms with van der Waals surface area (Å²) >= 11 is 1.59. The number of ether oxygens (including phenoxy) is 1. The molecular weight excluding hydrogens is 274 g/mol. The Bertz CT molecular complexity index is 748. The van der Waals surface area contributed by atoms with Gasteiger partial charge >= 0.3 is 0 Å². The van der Waals surface area contributed by atoms with Crippen LogP contribution in [0.4, 0.5) is 0 Å². The van der Waals surface area contributed by atoms with Gasteiger partial charge < -0.3 is 9.84 Å². The minimum Gasteiger partial charge on any atom is -0.507 e. The SMILES string of the molecule is COc1ccc(-c2cc(-c3csc(C)n3)[nH]n2)c(O)c1. The number of aromatic nitrogens is 3. The van der Waals surface area contributed by atoms with Crippen molar-refractivity contribution in [2.24, 2.45) is 0 Å². The normalized spacial score (nSPS) is 10.7. The second-order valence-electron chi connectivity index (χ2n) is 4.30. The van der Waals surface area contributed by atoms with E-state index < -0.39 is 0 Å². The van der Waals surface area contributed by atoms with Crippen LogP contribution >= 0.6 is 11.3 Å². The van der Waals surface area contributed by atoms with Gasteiger partial charge in [0.05, 0.1) is 29.2 Å². The molecule has 0 radical (unpaired) electrons. The molecule has 0 saturated carbocycles. The van der Waals surface area contributed by atoms with Crippen molar-refractivity contribution in [3.05, 3.63) is 34.7 Å². The van der Waals surface area contributed by atoms with E-state index in [2.05, 4.69) is 15.2 Å². The largest absolute Gasteiger partial charge is 0.507 e. The van der Waals surface area contributed by atoms with Crippen LogP contribution in [0.1, 0.15) is 5.01 Å². The number of thiazole rings is 1. The molecule has 3 rings (SSSR count). The van der Waals surface area contributed by atoms with Crippen LogP contribution in [0.2, 0.25) is 0 Å². The lowest BCUT2D eigenvalue weighted by atomic mass is 10.1. The van der Waals surface area contributed by atoms with Gasteiger partial charge in [-0.1, -0.05) is 0 Å². The number of phenolic OH excluding ortho intramolecular Hbond substituents is 1. The first-order valence-corrected chi connectivity index (χ1v) is 6.90. The van der Waals surface area contributed by atoms with Crippen LogP contribution < -0.4 is 4.74 Å². The van der Waals surface area contributed by atoms with Gasteiger partial charge in [0.25, 0.3) is 0 Å². The Morgan fingerprint density at radius 1 is 1.25 bits per heavy atom. The molecule has 0 spiro atoms. The molecule has 2 N–H and O–H groups in total. The summed E-state index contributed by atoms with van der Waals surface area (Å²) in [6.45, 7) is 1.96. The molecule has 0 amide bonds. The number of benzene rings is 1. The number of nitrogens with one attached hydrogen (secondary N) is 1. The molecule has 0 unspecified atom stereocenters. The predicted octanol–water partition coefficient (Wildman–Crippen LogP) is 3.22. The lowest BCUT2D eigenvalue weighted by Gasteiger charge is -2.03. The Hall–Kier alpha value is -2.34. The minimum atomic E-state index is 0.136. The van der Waals surface area contributed by atoms with Crippen molar-refractivity contribution in [2.75, 3.05) is 7.11 Å². The molecule has 102 valence electrons. The van der Waals surface area contributed by atoms with Crippen molar-refractivity contribution in [1.29, 1.82) is 0 Å². The van der Waals surface area contributed by atoms with Gasteiger partial charge in [0.2, 0.25) is 0 Å². The maximum Gasteiger partial charge on any atom is 0.128 e. The molecule has 1 aromatic carbocycles. The molecule has 0 aliphatic carbocycles. The molecule has 0 aliphatic heterocycles. The lowest BCUT2D eigenvalue weighted by Crippen LogP contribution is -1.84. The van der Waals surface area contributed by atoms with Crippen LogP contribution in [-0.2, 0) is 0 Å². The summed E-state index contributed by atoms with van der Waals surface area (Å²) in [4.78, 5) is 4.40. The van der Waals surface area contributed by atoms with Crippen molar-refractivity contribution >= 4 is 11.3 Å². The molecule has 0 atom stereocenters. The molecule has 6 heteroatoms. The number of nitrogens with zero attached hydrogens (tertiary/aromatic N) is 2. The topological polar surface area (TPSA) is 71.0 Å². The molecule has 0 saturated heterocycles. The fraction of sp³-hybridized carbons (Fsp3) is 0.143. The molecule has 0 fully saturated rings. The zero-order valence-electron chi connectivity index (χ0n) is 11.0. The van der Waals surface area contributed by atoms with E-state index in [0.29, 0.717) is 17.0 Å². The third-order valence-electron chi connectivity index (χ3n) is 2.95. The Morgan fingerprint density at radius 2 is 2.10 bits per heavy atom. The van der Waals surface area contributed by atoms with Gasteiger partial charge in [-0.15, -0.1) is 11.3 Å².